The minimum Gasteiger partial charge on any atom is -0.494 e. The summed E-state index contributed by atoms with van der Waals surface area (Å²) in [6.07, 6.45) is 4.42. The molecule has 1 aromatic heterocycles. The average Bonchev–Trinajstić information content (AvgIpc) is 3.05. The van der Waals surface area contributed by atoms with Crippen LogP contribution >= 0.6 is 12.4 Å². The average molecular weight is 387 g/mol. The summed E-state index contributed by atoms with van der Waals surface area (Å²) in [6, 6.07) is 7.58. The van der Waals surface area contributed by atoms with Crippen molar-refractivity contribution in [3.05, 3.63) is 36.7 Å². The fraction of sp³-hybridized carbons (Fsp3) is 0.438. The fourth-order valence-electron chi connectivity index (χ4n) is 2.92. The lowest BCUT2D eigenvalue weighted by atomic mass is 10.0. The molecule has 9 heteroatoms. The molecular formula is C16H23ClN4O3S. The van der Waals surface area contributed by atoms with E-state index in [0.29, 0.717) is 17.5 Å². The maximum atomic E-state index is 12.6. The lowest BCUT2D eigenvalue weighted by Crippen LogP contribution is -2.46. The Labute approximate surface area is 154 Å². The second kappa shape index (κ2) is 8.18. The van der Waals surface area contributed by atoms with Gasteiger partial charge in [-0.15, -0.1) is 12.4 Å². The molecule has 0 radical (unpaired) electrons. The number of para-hydroxylation sites is 2. The van der Waals surface area contributed by atoms with Crippen molar-refractivity contribution in [2.45, 2.75) is 36.7 Å². The van der Waals surface area contributed by atoms with Crippen LogP contribution in [-0.4, -0.2) is 43.9 Å². The number of benzene rings is 1. The normalized spacial score (nSPS) is 20.7. The van der Waals surface area contributed by atoms with Crippen molar-refractivity contribution in [3.63, 3.8) is 0 Å². The van der Waals surface area contributed by atoms with Gasteiger partial charge in [0.05, 0.1) is 19.5 Å². The third kappa shape index (κ3) is 4.52. The van der Waals surface area contributed by atoms with Crippen LogP contribution in [0.3, 0.4) is 0 Å². The monoisotopic (exact) mass is 386 g/mol. The molecule has 2 N–H and O–H groups in total. The van der Waals surface area contributed by atoms with E-state index in [4.69, 9.17) is 4.74 Å². The summed E-state index contributed by atoms with van der Waals surface area (Å²) in [5, 5.41) is 7.49. The first kappa shape index (κ1) is 19.7. The summed E-state index contributed by atoms with van der Waals surface area (Å²) in [5.74, 6) is 0.629. The first-order valence-electron chi connectivity index (χ1n) is 7.93. The van der Waals surface area contributed by atoms with E-state index in [0.717, 1.165) is 19.4 Å². The maximum absolute atomic E-state index is 12.6. The first-order chi connectivity index (χ1) is 11.5. The van der Waals surface area contributed by atoms with Crippen LogP contribution in [0.2, 0.25) is 0 Å². The minimum absolute atomic E-state index is 0. The Bertz CT molecular complexity index is 809. The third-order valence-electron chi connectivity index (χ3n) is 4.15. The molecule has 0 spiro atoms. The Morgan fingerprint density at radius 1 is 1.36 bits per heavy atom. The number of hydrogen-bond donors (Lipinski definition) is 2. The van der Waals surface area contributed by atoms with Gasteiger partial charge in [0.15, 0.2) is 0 Å². The van der Waals surface area contributed by atoms with E-state index < -0.39 is 10.0 Å². The number of piperidine rings is 1. The topological polar surface area (TPSA) is 85.2 Å². The highest BCUT2D eigenvalue weighted by atomic mass is 35.5. The van der Waals surface area contributed by atoms with Crippen LogP contribution < -0.4 is 14.8 Å². The van der Waals surface area contributed by atoms with E-state index in [2.05, 4.69) is 22.1 Å². The standard InChI is InChI=1S/C16H22N4O3S.ClH/c1-12-9-13(7-8-17-12)19-24(21,22)14-10-18-20(11-14)15-5-3-4-6-16(15)23-2;/h3-6,10-13,17,19H,7-9H2,1-2H3;1H. The number of methoxy groups -OCH3 is 1. The number of halogens is 1. The van der Waals surface area contributed by atoms with Gasteiger partial charge in [-0.1, -0.05) is 12.1 Å². The van der Waals surface area contributed by atoms with Crippen LogP contribution in [0.25, 0.3) is 5.69 Å². The highest BCUT2D eigenvalue weighted by molar-refractivity contribution is 7.89. The molecule has 25 heavy (non-hydrogen) atoms. The number of rotatable bonds is 5. The summed E-state index contributed by atoms with van der Waals surface area (Å²) in [7, 11) is -2.02. The quantitative estimate of drug-likeness (QED) is 0.817. The number of hydrogen-bond acceptors (Lipinski definition) is 5. The van der Waals surface area contributed by atoms with Crippen molar-refractivity contribution in [1.29, 1.82) is 0 Å². The van der Waals surface area contributed by atoms with Crippen molar-refractivity contribution < 1.29 is 13.2 Å². The van der Waals surface area contributed by atoms with Gasteiger partial charge in [0.25, 0.3) is 0 Å². The van der Waals surface area contributed by atoms with E-state index in [1.165, 1.54) is 17.1 Å². The fourth-order valence-corrected chi connectivity index (χ4v) is 4.14. The van der Waals surface area contributed by atoms with Gasteiger partial charge < -0.3 is 10.1 Å². The molecule has 1 fully saturated rings. The molecule has 7 nitrogen and oxygen atoms in total. The van der Waals surface area contributed by atoms with Gasteiger partial charge in [-0.3, -0.25) is 0 Å². The summed E-state index contributed by atoms with van der Waals surface area (Å²) in [4.78, 5) is 0.152. The Balaban J connectivity index is 0.00000225. The SMILES string of the molecule is COc1ccccc1-n1cc(S(=O)(=O)NC2CCNC(C)C2)cn1.Cl. The first-order valence-corrected chi connectivity index (χ1v) is 9.41. The van der Waals surface area contributed by atoms with Crippen LogP contribution in [0.1, 0.15) is 19.8 Å². The molecule has 138 valence electrons. The number of sulfonamides is 1. The maximum Gasteiger partial charge on any atom is 0.243 e. The van der Waals surface area contributed by atoms with E-state index in [9.17, 15) is 8.42 Å². The Hall–Kier alpha value is -1.61. The van der Waals surface area contributed by atoms with Gasteiger partial charge in [-0.25, -0.2) is 17.8 Å². The van der Waals surface area contributed by atoms with Gasteiger partial charge in [0.1, 0.15) is 16.3 Å². The molecule has 1 saturated heterocycles. The van der Waals surface area contributed by atoms with Gasteiger partial charge in [-0.05, 0) is 38.4 Å². The lowest BCUT2D eigenvalue weighted by Gasteiger charge is -2.28. The molecule has 1 aliphatic heterocycles. The molecule has 2 atom stereocenters. The van der Waals surface area contributed by atoms with Gasteiger partial charge >= 0.3 is 0 Å². The minimum atomic E-state index is -3.59. The predicted molar refractivity (Wildman–Crippen MR) is 98.2 cm³/mol. The smallest absolute Gasteiger partial charge is 0.243 e. The molecule has 1 aromatic carbocycles. The van der Waals surface area contributed by atoms with Crippen LogP contribution in [0.4, 0.5) is 0 Å². The predicted octanol–water partition coefficient (Wildman–Crippen LogP) is 1.72. The molecule has 2 unspecified atom stereocenters. The lowest BCUT2D eigenvalue weighted by molar-refractivity contribution is 0.361. The van der Waals surface area contributed by atoms with Crippen molar-refractivity contribution in [1.82, 2.24) is 19.8 Å². The molecule has 0 aliphatic carbocycles. The zero-order chi connectivity index (χ0) is 17.2. The summed E-state index contributed by atoms with van der Waals surface area (Å²) >= 11 is 0. The van der Waals surface area contributed by atoms with Crippen molar-refractivity contribution in [3.8, 4) is 11.4 Å². The number of nitrogens with one attached hydrogen (secondary N) is 2. The largest absolute Gasteiger partial charge is 0.494 e. The molecule has 3 rings (SSSR count). The zero-order valence-corrected chi connectivity index (χ0v) is 15.8. The second-order valence-corrected chi connectivity index (χ2v) is 7.70. The van der Waals surface area contributed by atoms with Crippen LogP contribution in [0.15, 0.2) is 41.6 Å². The number of nitrogens with zero attached hydrogens (tertiary/aromatic N) is 2. The van der Waals surface area contributed by atoms with Crippen molar-refractivity contribution in [2.75, 3.05) is 13.7 Å². The number of aromatic nitrogens is 2. The molecule has 1 aliphatic rings. The van der Waals surface area contributed by atoms with E-state index in [-0.39, 0.29) is 23.3 Å². The van der Waals surface area contributed by atoms with Crippen LogP contribution in [0, 0.1) is 0 Å². The van der Waals surface area contributed by atoms with Crippen LogP contribution in [-0.2, 0) is 10.0 Å². The number of ether oxygens (including phenoxy) is 1. The van der Waals surface area contributed by atoms with Gasteiger partial charge in [0.2, 0.25) is 10.0 Å². The summed E-state index contributed by atoms with van der Waals surface area (Å²) in [6.45, 7) is 2.87. The summed E-state index contributed by atoms with van der Waals surface area (Å²) < 4.78 is 34.8. The highest BCUT2D eigenvalue weighted by Gasteiger charge is 2.25. The molecular weight excluding hydrogens is 364 g/mol. The molecule has 0 bridgehead atoms. The van der Waals surface area contributed by atoms with Crippen molar-refractivity contribution >= 4 is 22.4 Å². The van der Waals surface area contributed by atoms with Crippen LogP contribution in [0.5, 0.6) is 5.75 Å². The molecule has 0 saturated carbocycles. The Kier molecular flexibility index (Phi) is 6.45. The zero-order valence-electron chi connectivity index (χ0n) is 14.2. The van der Waals surface area contributed by atoms with Gasteiger partial charge in [-0.2, -0.15) is 5.10 Å². The molecule has 0 amide bonds. The Morgan fingerprint density at radius 3 is 2.84 bits per heavy atom. The molecule has 2 heterocycles. The highest BCUT2D eigenvalue weighted by Crippen LogP contribution is 2.23. The van der Waals surface area contributed by atoms with Crippen molar-refractivity contribution in [2.24, 2.45) is 0 Å². The second-order valence-electron chi connectivity index (χ2n) is 5.99. The van der Waals surface area contributed by atoms with E-state index >= 15 is 0 Å². The molecule has 2 aromatic rings. The van der Waals surface area contributed by atoms with E-state index in [1.807, 2.05) is 18.2 Å². The van der Waals surface area contributed by atoms with E-state index in [1.54, 1.807) is 13.2 Å². The Morgan fingerprint density at radius 2 is 2.12 bits per heavy atom. The van der Waals surface area contributed by atoms with Gasteiger partial charge in [0, 0.05) is 12.1 Å². The summed E-state index contributed by atoms with van der Waals surface area (Å²) in [5.41, 5.74) is 0.692. The third-order valence-corrected chi connectivity index (χ3v) is 5.62.